The Morgan fingerprint density at radius 3 is 2.53 bits per heavy atom. The van der Waals surface area contributed by atoms with Crippen molar-refractivity contribution in [2.75, 3.05) is 5.32 Å². The van der Waals surface area contributed by atoms with Crippen LogP contribution in [0.4, 0.5) is 14.5 Å². The molecular formula is C29H27ClF2N2O4. The molecule has 9 heteroatoms. The molecule has 4 rings (SSSR count). The molecule has 0 saturated carbocycles. The van der Waals surface area contributed by atoms with Crippen molar-refractivity contribution in [3.63, 3.8) is 0 Å². The number of carbonyl (C=O) groups is 1. The van der Waals surface area contributed by atoms with E-state index in [0.29, 0.717) is 16.6 Å². The number of pyridine rings is 1. The van der Waals surface area contributed by atoms with Crippen LogP contribution in [0.2, 0.25) is 5.15 Å². The minimum atomic E-state index is -1.10. The van der Waals surface area contributed by atoms with Crippen LogP contribution in [0.3, 0.4) is 0 Å². The minimum Gasteiger partial charge on any atom is -0.455 e. The lowest BCUT2D eigenvalue weighted by molar-refractivity contribution is 0.00640. The topological polar surface area (TPSA) is 81.4 Å². The summed E-state index contributed by atoms with van der Waals surface area (Å²) in [5.74, 6) is -2.87. The van der Waals surface area contributed by atoms with E-state index in [4.69, 9.17) is 20.8 Å². The maximum atomic E-state index is 14.7. The van der Waals surface area contributed by atoms with E-state index in [2.05, 4.69) is 10.3 Å². The van der Waals surface area contributed by atoms with Gasteiger partial charge in [-0.3, -0.25) is 4.79 Å². The first kappa shape index (κ1) is 27.3. The second kappa shape index (κ2) is 10.2. The normalized spacial score (nSPS) is 12.4. The third-order valence-electron chi connectivity index (χ3n) is 5.88. The lowest BCUT2D eigenvalue weighted by atomic mass is 9.98. The minimum absolute atomic E-state index is 0.00366. The maximum Gasteiger partial charge on any atom is 0.359 e. The summed E-state index contributed by atoms with van der Waals surface area (Å²) in [6.45, 7) is 10.4. The summed E-state index contributed by atoms with van der Waals surface area (Å²) < 4.78 is 40.3. The Morgan fingerprint density at radius 1 is 1.13 bits per heavy atom. The molecule has 2 aromatic heterocycles. The summed E-state index contributed by atoms with van der Waals surface area (Å²) in [6, 6.07) is 9.84. The molecule has 1 N–H and O–H groups in total. The van der Waals surface area contributed by atoms with Crippen molar-refractivity contribution in [1.29, 1.82) is 0 Å². The standard InChI is InChI=1S/C29H27ClF2N2O4/c1-14-12-18(16(3)33-21-10-11-22(30)34-24(21)28(36)38-29(4,5)6)27-19(13-14)25(35)15(2)26(37-27)17-8-7-9-20(31)23(17)32/h7-13,16,33H,1-6H3. The molecule has 38 heavy (non-hydrogen) atoms. The van der Waals surface area contributed by atoms with Gasteiger partial charge in [-0.2, -0.15) is 0 Å². The number of fused-ring (bicyclic) bond motifs is 1. The van der Waals surface area contributed by atoms with Crippen LogP contribution in [-0.4, -0.2) is 16.6 Å². The lowest BCUT2D eigenvalue weighted by Crippen LogP contribution is -2.25. The number of rotatable bonds is 5. The molecule has 0 aliphatic rings. The fourth-order valence-corrected chi connectivity index (χ4v) is 4.32. The smallest absolute Gasteiger partial charge is 0.359 e. The van der Waals surface area contributed by atoms with E-state index in [-0.39, 0.29) is 38.7 Å². The van der Waals surface area contributed by atoms with Crippen LogP contribution in [0.5, 0.6) is 0 Å². The molecule has 0 aliphatic carbocycles. The van der Waals surface area contributed by atoms with Crippen molar-refractivity contribution >= 4 is 34.2 Å². The number of carbonyl (C=O) groups excluding carboxylic acids is 1. The van der Waals surface area contributed by atoms with Crippen LogP contribution in [0.15, 0.2) is 51.7 Å². The average Bonchev–Trinajstić information content (AvgIpc) is 2.83. The van der Waals surface area contributed by atoms with Crippen molar-refractivity contribution in [2.45, 2.75) is 53.2 Å². The van der Waals surface area contributed by atoms with Crippen molar-refractivity contribution in [3.05, 3.63) is 91.9 Å². The molecule has 0 fully saturated rings. The van der Waals surface area contributed by atoms with Crippen LogP contribution in [0.25, 0.3) is 22.3 Å². The largest absolute Gasteiger partial charge is 0.455 e. The second-order valence-electron chi connectivity index (χ2n) is 10.1. The number of hydrogen-bond donors (Lipinski definition) is 1. The summed E-state index contributed by atoms with van der Waals surface area (Å²) in [5.41, 5.74) is 0.832. The van der Waals surface area contributed by atoms with Crippen molar-refractivity contribution in [2.24, 2.45) is 0 Å². The zero-order chi connectivity index (χ0) is 27.9. The van der Waals surface area contributed by atoms with Gasteiger partial charge in [0.15, 0.2) is 22.8 Å². The number of nitrogens with zero attached hydrogens (tertiary/aromatic N) is 1. The molecule has 0 aliphatic heterocycles. The molecule has 0 radical (unpaired) electrons. The molecular weight excluding hydrogens is 514 g/mol. The highest BCUT2D eigenvalue weighted by Crippen LogP contribution is 2.34. The van der Waals surface area contributed by atoms with Gasteiger partial charge in [-0.05, 0) is 77.4 Å². The summed E-state index contributed by atoms with van der Waals surface area (Å²) in [4.78, 5) is 30.3. The van der Waals surface area contributed by atoms with Crippen LogP contribution >= 0.6 is 11.6 Å². The van der Waals surface area contributed by atoms with Gasteiger partial charge in [-0.15, -0.1) is 0 Å². The number of halogens is 3. The number of ether oxygens (including phenoxy) is 1. The Bertz CT molecular complexity index is 1630. The number of nitrogens with one attached hydrogen (secondary N) is 1. The van der Waals surface area contributed by atoms with E-state index in [9.17, 15) is 18.4 Å². The molecule has 4 aromatic rings. The van der Waals surface area contributed by atoms with Gasteiger partial charge >= 0.3 is 5.97 Å². The Kier molecular flexibility index (Phi) is 7.30. The highest BCUT2D eigenvalue weighted by Gasteiger charge is 2.25. The van der Waals surface area contributed by atoms with Crippen LogP contribution in [0, 0.1) is 25.5 Å². The average molecular weight is 541 g/mol. The molecule has 2 aromatic carbocycles. The monoisotopic (exact) mass is 540 g/mol. The molecule has 0 amide bonds. The highest BCUT2D eigenvalue weighted by molar-refractivity contribution is 6.29. The molecule has 0 saturated heterocycles. The van der Waals surface area contributed by atoms with Gasteiger partial charge in [0.1, 0.15) is 22.1 Å². The number of aryl methyl sites for hydroxylation is 1. The fraction of sp³-hybridized carbons (Fsp3) is 0.276. The summed E-state index contributed by atoms with van der Waals surface area (Å²) in [5, 5.41) is 3.65. The van der Waals surface area contributed by atoms with Gasteiger partial charge in [0.05, 0.1) is 22.7 Å². The zero-order valence-corrected chi connectivity index (χ0v) is 22.6. The van der Waals surface area contributed by atoms with Gasteiger partial charge in [0, 0.05) is 11.1 Å². The van der Waals surface area contributed by atoms with Gasteiger partial charge in [-0.1, -0.05) is 23.7 Å². The lowest BCUT2D eigenvalue weighted by Gasteiger charge is -2.22. The van der Waals surface area contributed by atoms with E-state index in [1.54, 1.807) is 32.9 Å². The molecule has 0 spiro atoms. The van der Waals surface area contributed by atoms with E-state index in [0.717, 1.165) is 11.6 Å². The number of aromatic nitrogens is 1. The predicted molar refractivity (Wildman–Crippen MR) is 144 cm³/mol. The van der Waals surface area contributed by atoms with Crippen LogP contribution < -0.4 is 10.7 Å². The van der Waals surface area contributed by atoms with E-state index >= 15 is 0 Å². The Hall–Kier alpha value is -3.78. The van der Waals surface area contributed by atoms with Gasteiger partial charge < -0.3 is 14.5 Å². The first-order valence-corrected chi connectivity index (χ1v) is 12.3. The first-order valence-electron chi connectivity index (χ1n) is 12.0. The Balaban J connectivity index is 1.85. The molecule has 1 unspecified atom stereocenters. The van der Waals surface area contributed by atoms with Crippen LogP contribution in [0.1, 0.15) is 60.9 Å². The van der Waals surface area contributed by atoms with Crippen LogP contribution in [-0.2, 0) is 4.74 Å². The molecule has 2 heterocycles. The van der Waals surface area contributed by atoms with Crippen molar-refractivity contribution in [1.82, 2.24) is 4.98 Å². The Labute approximate surface area is 223 Å². The predicted octanol–water partition coefficient (Wildman–Crippen LogP) is 7.53. The Morgan fingerprint density at radius 2 is 1.84 bits per heavy atom. The fourth-order valence-electron chi connectivity index (χ4n) is 4.17. The molecule has 0 bridgehead atoms. The summed E-state index contributed by atoms with van der Waals surface area (Å²) in [7, 11) is 0. The number of benzene rings is 2. The number of anilines is 1. The van der Waals surface area contributed by atoms with Crippen molar-refractivity contribution < 1.29 is 22.7 Å². The highest BCUT2D eigenvalue weighted by atomic mass is 35.5. The SMILES string of the molecule is Cc1cc(C(C)Nc2ccc(Cl)nc2C(=O)OC(C)(C)C)c2oc(-c3cccc(F)c3F)c(C)c(=O)c2c1. The first-order chi connectivity index (χ1) is 17.8. The molecule has 6 nitrogen and oxygen atoms in total. The van der Waals surface area contributed by atoms with E-state index < -0.39 is 29.2 Å². The van der Waals surface area contributed by atoms with E-state index in [1.807, 2.05) is 19.9 Å². The maximum absolute atomic E-state index is 14.7. The zero-order valence-electron chi connectivity index (χ0n) is 21.8. The third-order valence-corrected chi connectivity index (χ3v) is 6.09. The van der Waals surface area contributed by atoms with Gasteiger partial charge in [0.2, 0.25) is 0 Å². The van der Waals surface area contributed by atoms with Gasteiger partial charge in [-0.25, -0.2) is 18.6 Å². The second-order valence-corrected chi connectivity index (χ2v) is 10.5. The molecule has 1 atom stereocenters. The summed E-state index contributed by atoms with van der Waals surface area (Å²) in [6.07, 6.45) is 0. The quantitative estimate of drug-likeness (QED) is 0.208. The number of hydrogen-bond acceptors (Lipinski definition) is 6. The van der Waals surface area contributed by atoms with Crippen molar-refractivity contribution in [3.8, 4) is 11.3 Å². The van der Waals surface area contributed by atoms with Gasteiger partial charge in [0.25, 0.3) is 0 Å². The third kappa shape index (κ3) is 5.41. The summed E-state index contributed by atoms with van der Waals surface area (Å²) >= 11 is 6.06. The van der Waals surface area contributed by atoms with E-state index in [1.165, 1.54) is 25.1 Å². The number of esters is 1. The molecule has 198 valence electrons.